The normalized spacial score (nSPS) is 30.9. The van der Waals surface area contributed by atoms with Crippen LogP contribution >= 0.6 is 0 Å². The number of hydrogen-bond donors (Lipinski definition) is 1. The summed E-state index contributed by atoms with van der Waals surface area (Å²) >= 11 is 0. The lowest BCUT2D eigenvalue weighted by atomic mass is 9.95. The minimum Gasteiger partial charge on any atom is -0.381 e. The van der Waals surface area contributed by atoms with E-state index in [2.05, 4.69) is 24.2 Å². The van der Waals surface area contributed by atoms with E-state index < -0.39 is 0 Å². The zero-order chi connectivity index (χ0) is 11.4. The van der Waals surface area contributed by atoms with Crippen LogP contribution in [0.25, 0.3) is 0 Å². The molecule has 94 valence electrons. The van der Waals surface area contributed by atoms with Crippen LogP contribution in [0.3, 0.4) is 0 Å². The largest absolute Gasteiger partial charge is 0.381 e. The fraction of sp³-hybridized carbons (Fsp3) is 1.00. The lowest BCUT2D eigenvalue weighted by Gasteiger charge is -2.35. The first-order chi connectivity index (χ1) is 7.81. The van der Waals surface area contributed by atoms with E-state index in [1.807, 2.05) is 0 Å². The van der Waals surface area contributed by atoms with E-state index >= 15 is 0 Å². The van der Waals surface area contributed by atoms with E-state index in [1.54, 1.807) is 0 Å². The molecule has 0 aromatic heterocycles. The van der Waals surface area contributed by atoms with Crippen LogP contribution in [0.4, 0.5) is 0 Å². The predicted molar refractivity (Wildman–Crippen MR) is 66.7 cm³/mol. The Labute approximate surface area is 99.5 Å². The van der Waals surface area contributed by atoms with Crippen molar-refractivity contribution in [2.45, 2.75) is 44.7 Å². The Kier molecular flexibility index (Phi) is 4.62. The molecule has 1 aliphatic carbocycles. The molecule has 0 radical (unpaired) electrons. The molecule has 2 unspecified atom stereocenters. The molecule has 16 heavy (non-hydrogen) atoms. The Morgan fingerprint density at radius 2 is 2.12 bits per heavy atom. The summed E-state index contributed by atoms with van der Waals surface area (Å²) in [5.74, 6) is 0.686. The van der Waals surface area contributed by atoms with Gasteiger partial charge >= 0.3 is 0 Å². The van der Waals surface area contributed by atoms with E-state index in [1.165, 1.54) is 32.2 Å². The van der Waals surface area contributed by atoms with Gasteiger partial charge in [-0.1, -0.05) is 6.92 Å². The molecule has 0 bridgehead atoms. The first-order valence-corrected chi connectivity index (χ1v) is 6.82. The van der Waals surface area contributed by atoms with E-state index in [9.17, 15) is 0 Å². The third-order valence-electron chi connectivity index (χ3n) is 3.82. The summed E-state index contributed by atoms with van der Waals surface area (Å²) in [5, 5.41) is 3.68. The van der Waals surface area contributed by atoms with Crippen LogP contribution < -0.4 is 5.32 Å². The fourth-order valence-electron chi connectivity index (χ4n) is 2.61. The molecule has 2 rings (SSSR count). The van der Waals surface area contributed by atoms with Crippen molar-refractivity contribution in [1.82, 2.24) is 10.2 Å². The molecule has 2 aliphatic rings. The van der Waals surface area contributed by atoms with Gasteiger partial charge in [-0.15, -0.1) is 0 Å². The number of hydrogen-bond acceptors (Lipinski definition) is 3. The molecule has 0 aromatic carbocycles. The lowest BCUT2D eigenvalue weighted by molar-refractivity contribution is 0.0189. The van der Waals surface area contributed by atoms with Gasteiger partial charge in [0.1, 0.15) is 0 Å². The third-order valence-corrected chi connectivity index (χ3v) is 3.82. The van der Waals surface area contributed by atoms with Gasteiger partial charge < -0.3 is 15.0 Å². The molecular weight excluding hydrogens is 200 g/mol. The lowest BCUT2D eigenvalue weighted by Crippen LogP contribution is -2.47. The Balaban J connectivity index is 1.78. The van der Waals surface area contributed by atoms with Crippen LogP contribution in [-0.2, 0) is 4.74 Å². The maximum absolute atomic E-state index is 5.63. The SMILES string of the molecule is CCCNC1CCOCC1CN(C)C1CC1. The van der Waals surface area contributed by atoms with Gasteiger partial charge in [0.25, 0.3) is 0 Å². The average Bonchev–Trinajstić information content (AvgIpc) is 3.11. The first-order valence-electron chi connectivity index (χ1n) is 6.82. The molecule has 1 saturated heterocycles. The second kappa shape index (κ2) is 5.99. The second-order valence-corrected chi connectivity index (χ2v) is 5.36. The van der Waals surface area contributed by atoms with Crippen LogP contribution in [-0.4, -0.2) is 50.3 Å². The van der Waals surface area contributed by atoms with Gasteiger partial charge in [-0.05, 0) is 39.3 Å². The minimum atomic E-state index is 0.676. The molecule has 2 atom stereocenters. The second-order valence-electron chi connectivity index (χ2n) is 5.36. The molecule has 2 fully saturated rings. The minimum absolute atomic E-state index is 0.676. The van der Waals surface area contributed by atoms with Crippen LogP contribution in [0.1, 0.15) is 32.6 Å². The first kappa shape index (κ1) is 12.3. The molecule has 1 heterocycles. The molecule has 3 heteroatoms. The van der Waals surface area contributed by atoms with E-state index in [-0.39, 0.29) is 0 Å². The molecule has 1 N–H and O–H groups in total. The number of nitrogens with one attached hydrogen (secondary N) is 1. The molecular formula is C13H26N2O. The summed E-state index contributed by atoms with van der Waals surface area (Å²) in [6.45, 7) is 6.46. The van der Waals surface area contributed by atoms with E-state index in [4.69, 9.17) is 4.74 Å². The van der Waals surface area contributed by atoms with Crippen LogP contribution in [0.2, 0.25) is 0 Å². The molecule has 1 saturated carbocycles. The van der Waals surface area contributed by atoms with Crippen LogP contribution in [0, 0.1) is 5.92 Å². The maximum Gasteiger partial charge on any atom is 0.0521 e. The summed E-state index contributed by atoms with van der Waals surface area (Å²) in [4.78, 5) is 2.53. The molecule has 0 amide bonds. The van der Waals surface area contributed by atoms with Crippen molar-refractivity contribution >= 4 is 0 Å². The van der Waals surface area contributed by atoms with Crippen molar-refractivity contribution < 1.29 is 4.74 Å². The van der Waals surface area contributed by atoms with Crippen molar-refractivity contribution in [1.29, 1.82) is 0 Å². The monoisotopic (exact) mass is 226 g/mol. The molecule has 3 nitrogen and oxygen atoms in total. The molecule has 0 aromatic rings. The zero-order valence-electron chi connectivity index (χ0n) is 10.7. The molecule has 1 aliphatic heterocycles. The van der Waals surface area contributed by atoms with Crippen molar-refractivity contribution in [3.05, 3.63) is 0 Å². The highest BCUT2D eigenvalue weighted by Crippen LogP contribution is 2.27. The standard InChI is InChI=1S/C13H26N2O/c1-3-7-14-13-6-8-16-10-11(13)9-15(2)12-4-5-12/h11-14H,3-10H2,1-2H3. The summed E-state index contributed by atoms with van der Waals surface area (Å²) < 4.78 is 5.63. The third kappa shape index (κ3) is 3.44. The summed E-state index contributed by atoms with van der Waals surface area (Å²) in [7, 11) is 2.27. The Bertz CT molecular complexity index is 206. The Hall–Kier alpha value is -0.120. The van der Waals surface area contributed by atoms with Crippen LogP contribution in [0.15, 0.2) is 0 Å². The number of ether oxygens (including phenoxy) is 1. The average molecular weight is 226 g/mol. The van der Waals surface area contributed by atoms with Crippen molar-refractivity contribution in [3.8, 4) is 0 Å². The highest BCUT2D eigenvalue weighted by molar-refractivity contribution is 4.87. The van der Waals surface area contributed by atoms with Crippen LogP contribution in [0.5, 0.6) is 0 Å². The zero-order valence-corrected chi connectivity index (χ0v) is 10.7. The smallest absolute Gasteiger partial charge is 0.0521 e. The highest BCUT2D eigenvalue weighted by Gasteiger charge is 2.31. The number of rotatable bonds is 6. The highest BCUT2D eigenvalue weighted by atomic mass is 16.5. The Morgan fingerprint density at radius 1 is 1.31 bits per heavy atom. The quantitative estimate of drug-likeness (QED) is 0.742. The topological polar surface area (TPSA) is 24.5 Å². The Morgan fingerprint density at radius 3 is 2.81 bits per heavy atom. The van der Waals surface area contributed by atoms with Gasteiger partial charge in [0, 0.05) is 31.2 Å². The van der Waals surface area contributed by atoms with Gasteiger partial charge in [-0.2, -0.15) is 0 Å². The van der Waals surface area contributed by atoms with Gasteiger partial charge in [0.15, 0.2) is 0 Å². The maximum atomic E-state index is 5.63. The van der Waals surface area contributed by atoms with Gasteiger partial charge in [-0.3, -0.25) is 0 Å². The van der Waals surface area contributed by atoms with Gasteiger partial charge in [0.05, 0.1) is 6.61 Å². The van der Waals surface area contributed by atoms with E-state index in [0.717, 1.165) is 25.8 Å². The number of nitrogens with zero attached hydrogens (tertiary/aromatic N) is 1. The summed E-state index contributed by atoms with van der Waals surface area (Å²) in [6, 6.07) is 1.55. The van der Waals surface area contributed by atoms with Crippen molar-refractivity contribution in [2.75, 3.05) is 33.4 Å². The fourth-order valence-corrected chi connectivity index (χ4v) is 2.61. The van der Waals surface area contributed by atoms with Crippen molar-refractivity contribution in [2.24, 2.45) is 5.92 Å². The summed E-state index contributed by atoms with van der Waals surface area (Å²) in [6.07, 6.45) is 5.21. The van der Waals surface area contributed by atoms with E-state index in [0.29, 0.717) is 12.0 Å². The molecule has 0 spiro atoms. The van der Waals surface area contributed by atoms with Crippen molar-refractivity contribution in [3.63, 3.8) is 0 Å². The summed E-state index contributed by atoms with van der Waals surface area (Å²) in [5.41, 5.74) is 0. The van der Waals surface area contributed by atoms with Gasteiger partial charge in [0.2, 0.25) is 0 Å². The predicted octanol–water partition coefficient (Wildman–Crippen LogP) is 1.49. The van der Waals surface area contributed by atoms with Gasteiger partial charge in [-0.25, -0.2) is 0 Å².